The van der Waals surface area contributed by atoms with Gasteiger partial charge >= 0.3 is 0 Å². The molecule has 5 heteroatoms. The molecule has 0 aliphatic heterocycles. The Kier molecular flexibility index (Phi) is 4.89. The average molecular weight is 351 g/mol. The lowest BCUT2D eigenvalue weighted by atomic mass is 9.84. The molecule has 1 aromatic heterocycles. The topological polar surface area (TPSA) is 46.9 Å². The van der Waals surface area contributed by atoms with Crippen molar-refractivity contribution in [2.45, 2.75) is 26.2 Å². The number of rotatable bonds is 5. The van der Waals surface area contributed by atoms with Crippen molar-refractivity contribution < 1.29 is 9.18 Å². The van der Waals surface area contributed by atoms with E-state index in [0.717, 1.165) is 11.4 Å². The molecule has 3 aromatic rings. The molecule has 0 fully saturated rings. The van der Waals surface area contributed by atoms with Gasteiger partial charge < -0.3 is 5.32 Å². The van der Waals surface area contributed by atoms with Gasteiger partial charge in [-0.1, -0.05) is 50.2 Å². The normalized spacial score (nSPS) is 11.4. The lowest BCUT2D eigenvalue weighted by Gasteiger charge is -2.25. The van der Waals surface area contributed by atoms with Crippen molar-refractivity contribution in [3.8, 4) is 5.69 Å². The summed E-state index contributed by atoms with van der Waals surface area (Å²) in [4.78, 5) is 12.5. The standard InChI is InChI=1S/C21H22FN3O/c1-15-13-19(24-25(15)16-9-5-4-6-10-16)20(26)23-14-21(2,3)17-11-7-8-12-18(17)22/h4-13H,14H2,1-3H3,(H,23,26). The number of para-hydroxylation sites is 1. The molecule has 1 amide bonds. The number of nitrogens with zero attached hydrogens (tertiary/aromatic N) is 2. The van der Waals surface area contributed by atoms with Crippen LogP contribution in [0.3, 0.4) is 0 Å². The van der Waals surface area contributed by atoms with E-state index in [4.69, 9.17) is 0 Å². The molecule has 26 heavy (non-hydrogen) atoms. The summed E-state index contributed by atoms with van der Waals surface area (Å²) < 4.78 is 15.8. The SMILES string of the molecule is Cc1cc(C(=O)NCC(C)(C)c2ccccc2F)nn1-c1ccccc1. The van der Waals surface area contributed by atoms with Crippen molar-refractivity contribution in [1.29, 1.82) is 0 Å². The van der Waals surface area contributed by atoms with Gasteiger partial charge in [0.2, 0.25) is 0 Å². The summed E-state index contributed by atoms with van der Waals surface area (Å²) in [6.07, 6.45) is 0. The van der Waals surface area contributed by atoms with Crippen molar-refractivity contribution in [1.82, 2.24) is 15.1 Å². The predicted octanol–water partition coefficient (Wildman–Crippen LogP) is 4.03. The largest absolute Gasteiger partial charge is 0.350 e. The van der Waals surface area contributed by atoms with Crippen molar-refractivity contribution >= 4 is 5.91 Å². The zero-order chi connectivity index (χ0) is 18.7. The monoisotopic (exact) mass is 351 g/mol. The third kappa shape index (κ3) is 3.67. The van der Waals surface area contributed by atoms with Crippen LogP contribution in [0.2, 0.25) is 0 Å². The number of aromatic nitrogens is 2. The van der Waals surface area contributed by atoms with Crippen LogP contribution < -0.4 is 5.32 Å². The minimum Gasteiger partial charge on any atom is -0.350 e. The summed E-state index contributed by atoms with van der Waals surface area (Å²) in [5, 5.41) is 7.28. The molecule has 0 saturated heterocycles. The fourth-order valence-electron chi connectivity index (χ4n) is 2.91. The molecule has 0 aliphatic carbocycles. The number of hydrogen-bond donors (Lipinski definition) is 1. The number of carbonyl (C=O) groups excluding carboxylic acids is 1. The lowest BCUT2D eigenvalue weighted by molar-refractivity contribution is 0.0940. The molecule has 0 radical (unpaired) electrons. The second-order valence-corrected chi connectivity index (χ2v) is 6.96. The Morgan fingerprint density at radius 1 is 1.12 bits per heavy atom. The molecule has 0 aliphatic rings. The molecule has 3 rings (SSSR count). The summed E-state index contributed by atoms with van der Waals surface area (Å²) >= 11 is 0. The van der Waals surface area contributed by atoms with Gasteiger partial charge in [0.25, 0.3) is 5.91 Å². The number of halogens is 1. The summed E-state index contributed by atoms with van der Waals surface area (Å²) in [7, 11) is 0. The number of hydrogen-bond acceptors (Lipinski definition) is 2. The Labute approximate surface area is 152 Å². The quantitative estimate of drug-likeness (QED) is 0.754. The summed E-state index contributed by atoms with van der Waals surface area (Å²) in [6, 6.07) is 18.0. The molecule has 0 atom stereocenters. The second kappa shape index (κ2) is 7.12. The first-order valence-electron chi connectivity index (χ1n) is 8.54. The van der Waals surface area contributed by atoms with Crippen molar-refractivity contribution in [2.75, 3.05) is 6.54 Å². The molecule has 0 spiro atoms. The van der Waals surface area contributed by atoms with Crippen molar-refractivity contribution in [3.05, 3.63) is 83.4 Å². The van der Waals surface area contributed by atoms with Crippen molar-refractivity contribution in [2.24, 2.45) is 0 Å². The smallest absolute Gasteiger partial charge is 0.271 e. The van der Waals surface area contributed by atoms with E-state index in [2.05, 4.69) is 10.4 Å². The summed E-state index contributed by atoms with van der Waals surface area (Å²) in [5.74, 6) is -0.539. The highest BCUT2D eigenvalue weighted by atomic mass is 19.1. The second-order valence-electron chi connectivity index (χ2n) is 6.96. The number of nitrogens with one attached hydrogen (secondary N) is 1. The molecule has 0 unspecified atom stereocenters. The molecular weight excluding hydrogens is 329 g/mol. The van der Waals surface area contributed by atoms with Gasteiger partial charge in [0.1, 0.15) is 5.82 Å². The maximum Gasteiger partial charge on any atom is 0.271 e. The molecule has 0 saturated carbocycles. The molecule has 1 N–H and O–H groups in total. The van der Waals surface area contributed by atoms with E-state index in [-0.39, 0.29) is 11.7 Å². The van der Waals surface area contributed by atoms with E-state index in [9.17, 15) is 9.18 Å². The zero-order valence-electron chi connectivity index (χ0n) is 15.2. The maximum absolute atomic E-state index is 14.0. The van der Waals surface area contributed by atoms with Gasteiger partial charge in [0.15, 0.2) is 5.69 Å². The number of benzene rings is 2. The van der Waals surface area contributed by atoms with Crippen LogP contribution >= 0.6 is 0 Å². The van der Waals surface area contributed by atoms with Crippen molar-refractivity contribution in [3.63, 3.8) is 0 Å². The van der Waals surface area contributed by atoms with Gasteiger partial charge in [0, 0.05) is 17.7 Å². The Balaban J connectivity index is 1.74. The highest BCUT2D eigenvalue weighted by Crippen LogP contribution is 2.25. The minimum absolute atomic E-state index is 0.268. The molecule has 4 nitrogen and oxygen atoms in total. The van der Waals surface area contributed by atoms with E-state index >= 15 is 0 Å². The highest BCUT2D eigenvalue weighted by molar-refractivity contribution is 5.92. The van der Waals surface area contributed by atoms with E-state index in [0.29, 0.717) is 17.8 Å². The van der Waals surface area contributed by atoms with Gasteiger partial charge in [-0.15, -0.1) is 0 Å². The van der Waals surface area contributed by atoms with Crippen LogP contribution in [0.5, 0.6) is 0 Å². The van der Waals surface area contributed by atoms with Crippen LogP contribution in [0, 0.1) is 12.7 Å². The van der Waals surface area contributed by atoms with Gasteiger partial charge in [-0.05, 0) is 36.8 Å². The summed E-state index contributed by atoms with van der Waals surface area (Å²) in [6.45, 7) is 6.02. The first-order valence-corrected chi connectivity index (χ1v) is 8.54. The van der Waals surface area contributed by atoms with Crippen LogP contribution in [-0.2, 0) is 5.41 Å². The predicted molar refractivity (Wildman–Crippen MR) is 100 cm³/mol. The van der Waals surface area contributed by atoms with E-state index in [1.54, 1.807) is 28.9 Å². The van der Waals surface area contributed by atoms with Crippen LogP contribution in [0.1, 0.15) is 35.6 Å². The fraction of sp³-hybridized carbons (Fsp3) is 0.238. The first-order chi connectivity index (χ1) is 12.4. The third-order valence-corrected chi connectivity index (χ3v) is 4.41. The van der Waals surface area contributed by atoms with Crippen LogP contribution in [-0.4, -0.2) is 22.2 Å². The third-order valence-electron chi connectivity index (χ3n) is 4.41. The van der Waals surface area contributed by atoms with Crippen LogP contribution in [0.15, 0.2) is 60.7 Å². The molecule has 2 aromatic carbocycles. The Hall–Kier alpha value is -2.95. The maximum atomic E-state index is 14.0. The molecule has 0 bridgehead atoms. The Bertz CT molecular complexity index is 916. The van der Waals surface area contributed by atoms with Gasteiger partial charge in [-0.25, -0.2) is 9.07 Å². The van der Waals surface area contributed by atoms with Crippen LogP contribution in [0.4, 0.5) is 4.39 Å². The van der Waals surface area contributed by atoms with E-state index in [1.807, 2.05) is 51.1 Å². The van der Waals surface area contributed by atoms with Gasteiger partial charge in [0.05, 0.1) is 5.69 Å². The first kappa shape index (κ1) is 17.9. The number of carbonyl (C=O) groups is 1. The zero-order valence-corrected chi connectivity index (χ0v) is 15.2. The number of aryl methyl sites for hydroxylation is 1. The molecular formula is C21H22FN3O. The van der Waals surface area contributed by atoms with Gasteiger partial charge in [-0.2, -0.15) is 5.10 Å². The van der Waals surface area contributed by atoms with Crippen LogP contribution in [0.25, 0.3) is 5.69 Å². The van der Waals surface area contributed by atoms with Gasteiger partial charge in [-0.3, -0.25) is 4.79 Å². The lowest BCUT2D eigenvalue weighted by Crippen LogP contribution is -2.37. The average Bonchev–Trinajstić information content (AvgIpc) is 3.02. The minimum atomic E-state index is -0.530. The number of amides is 1. The molecule has 134 valence electrons. The van der Waals surface area contributed by atoms with E-state index < -0.39 is 5.41 Å². The Morgan fingerprint density at radius 3 is 2.46 bits per heavy atom. The summed E-state index contributed by atoms with van der Waals surface area (Å²) in [5.41, 5.74) is 2.16. The fourth-order valence-corrected chi connectivity index (χ4v) is 2.91. The highest BCUT2D eigenvalue weighted by Gasteiger charge is 2.25. The Morgan fingerprint density at radius 2 is 1.77 bits per heavy atom. The molecule has 1 heterocycles. The van der Waals surface area contributed by atoms with E-state index in [1.165, 1.54) is 6.07 Å².